The molecule has 3 rings (SSSR count). The highest BCUT2D eigenvalue weighted by atomic mass is 19.2. The van der Waals surface area contributed by atoms with Crippen LogP contribution in [0, 0.1) is 41.1 Å². The Morgan fingerprint density at radius 3 is 1.85 bits per heavy atom. The number of rotatable bonds is 3. The Bertz CT molecular complexity index is 593. The predicted molar refractivity (Wildman–Crippen MR) is 95.3 cm³/mol. The first kappa shape index (κ1) is 20.8. The molecule has 26 heavy (non-hydrogen) atoms. The Morgan fingerprint density at radius 2 is 1.35 bits per heavy atom. The van der Waals surface area contributed by atoms with Gasteiger partial charge in [-0.25, -0.2) is 13.2 Å². The molecule has 0 unspecified atom stereocenters. The van der Waals surface area contributed by atoms with E-state index in [1.54, 1.807) is 0 Å². The molecule has 2 nitrogen and oxygen atoms in total. The molecule has 0 saturated heterocycles. The van der Waals surface area contributed by atoms with Crippen molar-refractivity contribution in [1.82, 2.24) is 0 Å². The molecule has 0 radical (unpaired) electrons. The van der Waals surface area contributed by atoms with Gasteiger partial charge in [-0.2, -0.15) is 0 Å². The van der Waals surface area contributed by atoms with Crippen molar-refractivity contribution in [2.45, 2.75) is 65.7 Å². The van der Waals surface area contributed by atoms with Crippen LogP contribution < -0.4 is 4.74 Å². The first-order valence-corrected chi connectivity index (χ1v) is 9.30. The molecule has 1 aromatic rings. The topological polar surface area (TPSA) is 26.3 Å². The minimum atomic E-state index is -1.55. The van der Waals surface area contributed by atoms with Crippen LogP contribution in [0.5, 0.6) is 5.75 Å². The number of esters is 1. The van der Waals surface area contributed by atoms with E-state index in [9.17, 15) is 18.0 Å². The number of hydrogen-bond acceptors (Lipinski definition) is 2. The van der Waals surface area contributed by atoms with Crippen LogP contribution in [0.3, 0.4) is 0 Å². The van der Waals surface area contributed by atoms with Crippen molar-refractivity contribution in [2.24, 2.45) is 23.7 Å². The molecule has 2 fully saturated rings. The summed E-state index contributed by atoms with van der Waals surface area (Å²) in [6.07, 6.45) is 8.69. The van der Waals surface area contributed by atoms with Crippen molar-refractivity contribution in [3.05, 3.63) is 29.6 Å². The van der Waals surface area contributed by atoms with Gasteiger partial charge >= 0.3 is 5.97 Å². The Labute approximate surface area is 154 Å². The summed E-state index contributed by atoms with van der Waals surface area (Å²) in [6, 6.07) is 1.43. The number of benzene rings is 1. The van der Waals surface area contributed by atoms with Gasteiger partial charge in [-0.15, -0.1) is 0 Å². The van der Waals surface area contributed by atoms with Crippen LogP contribution in [-0.4, -0.2) is 5.97 Å². The number of ether oxygens (including phenoxy) is 1. The number of halogens is 3. The summed E-state index contributed by atoms with van der Waals surface area (Å²) in [4.78, 5) is 12.2. The molecule has 0 bridgehead atoms. The van der Waals surface area contributed by atoms with Crippen LogP contribution in [0.25, 0.3) is 0 Å². The van der Waals surface area contributed by atoms with E-state index in [4.69, 9.17) is 4.74 Å². The molecule has 2 saturated carbocycles. The van der Waals surface area contributed by atoms with Gasteiger partial charge in [-0.05, 0) is 56.3 Å². The highest BCUT2D eigenvalue weighted by molar-refractivity contribution is 5.75. The fourth-order valence-electron chi connectivity index (χ4n) is 4.37. The second kappa shape index (κ2) is 8.92. The summed E-state index contributed by atoms with van der Waals surface area (Å²) in [5.41, 5.74) is 0. The molecule has 0 heterocycles. The van der Waals surface area contributed by atoms with E-state index in [-0.39, 0.29) is 19.1 Å². The van der Waals surface area contributed by atoms with E-state index in [1.165, 1.54) is 25.7 Å². The number of carbonyl (C=O) groups is 1. The van der Waals surface area contributed by atoms with Gasteiger partial charge in [0.05, 0.1) is 5.92 Å². The first-order valence-electron chi connectivity index (χ1n) is 9.30. The van der Waals surface area contributed by atoms with E-state index in [0.717, 1.165) is 37.5 Å². The zero-order valence-corrected chi connectivity index (χ0v) is 14.6. The van der Waals surface area contributed by atoms with E-state index in [1.807, 2.05) is 0 Å². The summed E-state index contributed by atoms with van der Waals surface area (Å²) in [6.45, 7) is 2.31. The lowest BCUT2D eigenvalue weighted by atomic mass is 9.69. The quantitative estimate of drug-likeness (QED) is 0.356. The lowest BCUT2D eigenvalue weighted by Gasteiger charge is -2.36. The summed E-state index contributed by atoms with van der Waals surface area (Å²) in [7, 11) is 0. The van der Waals surface area contributed by atoms with Crippen molar-refractivity contribution in [2.75, 3.05) is 0 Å². The van der Waals surface area contributed by atoms with Crippen LogP contribution in [0.2, 0.25) is 0 Å². The van der Waals surface area contributed by atoms with Gasteiger partial charge in [-0.3, -0.25) is 4.79 Å². The zero-order chi connectivity index (χ0) is 18.0. The largest absolute Gasteiger partial charge is 0.426 e. The molecule has 5 heteroatoms. The smallest absolute Gasteiger partial charge is 0.314 e. The summed E-state index contributed by atoms with van der Waals surface area (Å²) in [5.74, 6) is -2.95. The van der Waals surface area contributed by atoms with Gasteiger partial charge < -0.3 is 4.74 Å². The van der Waals surface area contributed by atoms with E-state index in [2.05, 4.69) is 6.92 Å². The molecule has 2 aliphatic rings. The molecular formula is C21H29F3O2. The maximum atomic E-state index is 13.2. The van der Waals surface area contributed by atoms with Crippen LogP contribution in [-0.2, 0) is 4.79 Å². The Hall–Kier alpha value is -1.52. The third kappa shape index (κ3) is 4.80. The third-order valence-corrected chi connectivity index (χ3v) is 6.01. The van der Waals surface area contributed by atoms with Crippen molar-refractivity contribution in [3.8, 4) is 5.75 Å². The van der Waals surface area contributed by atoms with E-state index in [0.29, 0.717) is 18.1 Å². The number of hydrogen-bond donors (Lipinski definition) is 0. The molecule has 2 aliphatic carbocycles. The zero-order valence-electron chi connectivity index (χ0n) is 14.6. The highest BCUT2D eigenvalue weighted by Crippen LogP contribution is 2.41. The van der Waals surface area contributed by atoms with E-state index < -0.39 is 23.4 Å². The fourth-order valence-corrected chi connectivity index (χ4v) is 4.37. The highest BCUT2D eigenvalue weighted by Gasteiger charge is 2.33. The second-order valence-electron chi connectivity index (χ2n) is 7.75. The van der Waals surface area contributed by atoms with Gasteiger partial charge in [-0.1, -0.05) is 27.2 Å². The van der Waals surface area contributed by atoms with Gasteiger partial charge in [0.1, 0.15) is 5.75 Å². The Kier molecular flexibility index (Phi) is 7.13. The average molecular weight is 370 g/mol. The number of carbonyl (C=O) groups excluding carboxylic acids is 1. The molecule has 0 amide bonds. The molecule has 0 N–H and O–H groups in total. The fraction of sp³-hybridized carbons (Fsp3) is 0.667. The SMILES string of the molecule is C.CC1CCC(C2CCC(C(=O)Oc3cc(F)c(F)c(F)c3)CC2)CC1. The molecule has 146 valence electrons. The van der Waals surface area contributed by atoms with Crippen LogP contribution >= 0.6 is 0 Å². The molecule has 1 aromatic carbocycles. The minimum absolute atomic E-state index is 0. The van der Waals surface area contributed by atoms with Crippen LogP contribution in [0.1, 0.15) is 65.7 Å². The molecule has 0 aromatic heterocycles. The standard InChI is InChI=1S/C20H25F3O2.CH4/c1-12-2-4-13(5-3-12)14-6-8-15(9-7-14)20(24)25-16-10-17(21)19(23)18(22)11-16;/h10-15H,2-9H2,1H3;1H4. The van der Waals surface area contributed by atoms with E-state index >= 15 is 0 Å². The Balaban J connectivity index is 0.00000243. The minimum Gasteiger partial charge on any atom is -0.426 e. The van der Waals surface area contributed by atoms with Crippen LogP contribution in [0.15, 0.2) is 12.1 Å². The summed E-state index contributed by atoms with van der Waals surface area (Å²) in [5, 5.41) is 0. The summed E-state index contributed by atoms with van der Waals surface area (Å²) >= 11 is 0. The summed E-state index contributed by atoms with van der Waals surface area (Å²) < 4.78 is 44.5. The monoisotopic (exact) mass is 370 g/mol. The molecule has 0 aliphatic heterocycles. The molecular weight excluding hydrogens is 341 g/mol. The lowest BCUT2D eigenvalue weighted by Crippen LogP contribution is -2.29. The average Bonchev–Trinajstić information content (AvgIpc) is 2.60. The van der Waals surface area contributed by atoms with Gasteiger partial charge in [0, 0.05) is 12.1 Å². The predicted octanol–water partition coefficient (Wildman–Crippen LogP) is 6.28. The first-order chi connectivity index (χ1) is 11.9. The van der Waals surface area contributed by atoms with Gasteiger partial charge in [0.2, 0.25) is 0 Å². The maximum Gasteiger partial charge on any atom is 0.314 e. The van der Waals surface area contributed by atoms with Crippen molar-refractivity contribution < 1.29 is 22.7 Å². The second-order valence-corrected chi connectivity index (χ2v) is 7.75. The maximum absolute atomic E-state index is 13.2. The van der Waals surface area contributed by atoms with Crippen LogP contribution in [0.4, 0.5) is 13.2 Å². The molecule has 0 atom stereocenters. The van der Waals surface area contributed by atoms with Crippen molar-refractivity contribution >= 4 is 5.97 Å². The van der Waals surface area contributed by atoms with Crippen molar-refractivity contribution in [3.63, 3.8) is 0 Å². The van der Waals surface area contributed by atoms with Gasteiger partial charge in [0.25, 0.3) is 0 Å². The lowest BCUT2D eigenvalue weighted by molar-refractivity contribution is -0.140. The van der Waals surface area contributed by atoms with Gasteiger partial charge in [0.15, 0.2) is 17.5 Å². The normalized spacial score (nSPS) is 28.9. The molecule has 0 spiro atoms. The third-order valence-electron chi connectivity index (χ3n) is 6.01. The van der Waals surface area contributed by atoms with Crippen molar-refractivity contribution in [1.29, 1.82) is 0 Å². The Morgan fingerprint density at radius 1 is 0.885 bits per heavy atom.